The normalized spacial score (nSPS) is 23.0. The fourth-order valence-electron chi connectivity index (χ4n) is 5.78. The van der Waals surface area contributed by atoms with Gasteiger partial charge in [0.2, 0.25) is 27.6 Å². The van der Waals surface area contributed by atoms with E-state index in [-0.39, 0.29) is 17.8 Å². The van der Waals surface area contributed by atoms with E-state index in [1.54, 1.807) is 20.8 Å². The van der Waals surface area contributed by atoms with E-state index >= 15 is 0 Å². The summed E-state index contributed by atoms with van der Waals surface area (Å²) in [6.07, 6.45) is 7.83. The number of rotatable bonds is 12. The standard InChI is InChI=1S/C28H46N6O7S/c1-27(2,3)22(31-26(39)32-28(13-5-4-6-14-28)17-42(40,41)33-19-11-12-19)25(38)34-15-7-8-20(34)23(36)29-16-21(35)24(37)30-18-9-10-18/h18-20,22,33H,4-17H2,1-3H3,(H,29,36)(H,30,37)(H2,31,32,39)/t20-,22+/m0/s1. The van der Waals surface area contributed by atoms with Gasteiger partial charge in [-0.1, -0.05) is 40.0 Å². The molecule has 4 fully saturated rings. The van der Waals surface area contributed by atoms with Crippen molar-refractivity contribution >= 4 is 39.6 Å². The Labute approximate surface area is 248 Å². The summed E-state index contributed by atoms with van der Waals surface area (Å²) in [4.78, 5) is 65.7. The van der Waals surface area contributed by atoms with Crippen LogP contribution >= 0.6 is 0 Å². The molecule has 0 bridgehead atoms. The number of ketones is 1. The monoisotopic (exact) mass is 610 g/mol. The van der Waals surface area contributed by atoms with E-state index in [2.05, 4.69) is 26.0 Å². The Balaban J connectivity index is 1.39. The summed E-state index contributed by atoms with van der Waals surface area (Å²) < 4.78 is 28.4. The van der Waals surface area contributed by atoms with Gasteiger partial charge < -0.3 is 26.2 Å². The molecule has 5 N–H and O–H groups in total. The van der Waals surface area contributed by atoms with Crippen molar-refractivity contribution in [1.82, 2.24) is 30.9 Å². The highest BCUT2D eigenvalue weighted by molar-refractivity contribution is 7.89. The van der Waals surface area contributed by atoms with Gasteiger partial charge in [-0.3, -0.25) is 19.2 Å². The van der Waals surface area contributed by atoms with E-state index in [1.807, 2.05) is 0 Å². The van der Waals surface area contributed by atoms with Crippen LogP contribution in [0, 0.1) is 5.41 Å². The summed E-state index contributed by atoms with van der Waals surface area (Å²) in [7, 11) is -3.61. The summed E-state index contributed by atoms with van der Waals surface area (Å²) in [6.45, 7) is 5.26. The lowest BCUT2D eigenvalue weighted by Crippen LogP contribution is -2.63. The molecule has 1 aliphatic heterocycles. The number of nitrogens with one attached hydrogen (secondary N) is 5. The summed E-state index contributed by atoms with van der Waals surface area (Å²) in [5.41, 5.74) is -1.67. The smallest absolute Gasteiger partial charge is 0.315 e. The van der Waals surface area contributed by atoms with Crippen LogP contribution < -0.4 is 26.0 Å². The van der Waals surface area contributed by atoms with Gasteiger partial charge in [-0.05, 0) is 56.8 Å². The summed E-state index contributed by atoms with van der Waals surface area (Å²) in [5.74, 6) is -2.66. The molecule has 1 saturated heterocycles. The number of likely N-dealkylation sites (tertiary alicyclic amines) is 1. The molecule has 0 radical (unpaired) electrons. The fraction of sp³-hybridized carbons (Fsp3) is 0.821. The molecule has 0 unspecified atom stereocenters. The summed E-state index contributed by atoms with van der Waals surface area (Å²) in [6, 6.07) is -2.47. The molecular formula is C28H46N6O7S. The predicted octanol–water partition coefficient (Wildman–Crippen LogP) is 0.440. The van der Waals surface area contributed by atoms with Crippen molar-refractivity contribution in [3.63, 3.8) is 0 Å². The molecule has 13 nitrogen and oxygen atoms in total. The van der Waals surface area contributed by atoms with Gasteiger partial charge >= 0.3 is 6.03 Å². The minimum atomic E-state index is -3.61. The van der Waals surface area contributed by atoms with Crippen LogP contribution in [-0.4, -0.2) is 91.4 Å². The fourth-order valence-corrected chi connectivity index (χ4v) is 7.69. The lowest BCUT2D eigenvalue weighted by atomic mass is 9.83. The van der Waals surface area contributed by atoms with Gasteiger partial charge in [0.25, 0.3) is 5.91 Å². The molecule has 0 aromatic rings. The first kappa shape index (κ1) is 32.2. The first-order valence-electron chi connectivity index (χ1n) is 15.2. The van der Waals surface area contributed by atoms with Gasteiger partial charge in [0.15, 0.2) is 0 Å². The SMILES string of the molecule is CC(C)(C)[C@H](NC(=O)NC1(CS(=O)(=O)NC2CC2)CCCCC1)C(=O)N1CCC[C@H]1C(=O)NCC(=O)C(=O)NC1CC1. The van der Waals surface area contributed by atoms with Crippen molar-refractivity contribution in [3.8, 4) is 0 Å². The van der Waals surface area contributed by atoms with Crippen molar-refractivity contribution in [2.24, 2.45) is 5.41 Å². The second-order valence-corrected chi connectivity index (χ2v) is 15.2. The van der Waals surface area contributed by atoms with Gasteiger partial charge in [-0.15, -0.1) is 0 Å². The Bertz CT molecular complexity index is 1170. The average molecular weight is 611 g/mol. The largest absolute Gasteiger partial charge is 0.347 e. The number of hydrogen-bond donors (Lipinski definition) is 5. The lowest BCUT2D eigenvalue weighted by Gasteiger charge is -2.40. The quantitative estimate of drug-likeness (QED) is 0.199. The molecular weight excluding hydrogens is 564 g/mol. The molecule has 2 atom stereocenters. The van der Waals surface area contributed by atoms with E-state index in [9.17, 15) is 32.4 Å². The Hall–Kier alpha value is -2.74. The van der Waals surface area contributed by atoms with Crippen LogP contribution in [0.1, 0.15) is 91.4 Å². The highest BCUT2D eigenvalue weighted by atomic mass is 32.2. The van der Waals surface area contributed by atoms with Crippen molar-refractivity contribution in [2.45, 2.75) is 121 Å². The first-order chi connectivity index (χ1) is 19.7. The maximum atomic E-state index is 13.8. The van der Waals surface area contributed by atoms with E-state index in [0.29, 0.717) is 32.2 Å². The van der Waals surface area contributed by atoms with Crippen LogP contribution in [-0.2, 0) is 29.2 Å². The van der Waals surface area contributed by atoms with Gasteiger partial charge in [-0.25, -0.2) is 17.9 Å². The van der Waals surface area contributed by atoms with E-state index in [1.165, 1.54) is 4.90 Å². The number of urea groups is 1. The van der Waals surface area contributed by atoms with Crippen LogP contribution in [0.4, 0.5) is 4.79 Å². The predicted molar refractivity (Wildman–Crippen MR) is 155 cm³/mol. The zero-order chi connectivity index (χ0) is 30.7. The second-order valence-electron chi connectivity index (χ2n) is 13.5. The number of amides is 5. The van der Waals surface area contributed by atoms with Crippen LogP contribution in [0.5, 0.6) is 0 Å². The van der Waals surface area contributed by atoms with Crippen LogP contribution in [0.2, 0.25) is 0 Å². The number of nitrogens with zero attached hydrogens (tertiary/aromatic N) is 1. The van der Waals surface area contributed by atoms with Crippen molar-refractivity contribution in [2.75, 3.05) is 18.8 Å². The highest BCUT2D eigenvalue weighted by Crippen LogP contribution is 2.31. The molecule has 1 heterocycles. The van der Waals surface area contributed by atoms with Crippen LogP contribution in [0.25, 0.3) is 0 Å². The van der Waals surface area contributed by atoms with E-state index in [4.69, 9.17) is 0 Å². The molecule has 236 valence electrons. The Morgan fingerprint density at radius 3 is 2.14 bits per heavy atom. The molecule has 0 aromatic heterocycles. The van der Waals surface area contributed by atoms with Gasteiger partial charge in [0.05, 0.1) is 17.8 Å². The van der Waals surface area contributed by atoms with Crippen molar-refractivity contribution in [3.05, 3.63) is 0 Å². The van der Waals surface area contributed by atoms with Gasteiger partial charge in [0, 0.05) is 18.6 Å². The molecule has 5 amide bonds. The molecule has 3 aliphatic carbocycles. The van der Waals surface area contributed by atoms with E-state index < -0.39 is 69.1 Å². The average Bonchev–Trinajstić information content (AvgIpc) is 3.83. The molecule has 0 aromatic carbocycles. The molecule has 14 heteroatoms. The van der Waals surface area contributed by atoms with Crippen LogP contribution in [0.3, 0.4) is 0 Å². The van der Waals surface area contributed by atoms with Gasteiger partial charge in [0.1, 0.15) is 12.1 Å². The Kier molecular flexibility index (Phi) is 9.86. The lowest BCUT2D eigenvalue weighted by molar-refractivity contribution is -0.142. The second kappa shape index (κ2) is 12.9. The Morgan fingerprint density at radius 1 is 0.905 bits per heavy atom. The molecule has 0 spiro atoms. The maximum Gasteiger partial charge on any atom is 0.315 e. The number of hydrogen-bond acceptors (Lipinski definition) is 7. The zero-order valence-corrected chi connectivity index (χ0v) is 25.7. The van der Waals surface area contributed by atoms with Crippen LogP contribution in [0.15, 0.2) is 0 Å². The number of carbonyl (C=O) groups is 5. The minimum Gasteiger partial charge on any atom is -0.347 e. The molecule has 3 saturated carbocycles. The summed E-state index contributed by atoms with van der Waals surface area (Å²) in [5, 5.41) is 10.8. The number of Topliss-reactive ketones (excluding diaryl/α,β-unsaturated/α-hetero) is 1. The highest BCUT2D eigenvalue weighted by Gasteiger charge is 2.44. The Morgan fingerprint density at radius 2 is 1.55 bits per heavy atom. The summed E-state index contributed by atoms with van der Waals surface area (Å²) >= 11 is 0. The number of carbonyl (C=O) groups excluding carboxylic acids is 5. The number of sulfonamides is 1. The van der Waals surface area contributed by atoms with Crippen molar-refractivity contribution in [1.29, 1.82) is 0 Å². The minimum absolute atomic E-state index is 0.0240. The van der Waals surface area contributed by atoms with E-state index in [0.717, 1.165) is 44.9 Å². The molecule has 42 heavy (non-hydrogen) atoms. The van der Waals surface area contributed by atoms with Gasteiger partial charge in [-0.2, -0.15) is 0 Å². The first-order valence-corrected chi connectivity index (χ1v) is 16.8. The third-order valence-corrected chi connectivity index (χ3v) is 10.0. The maximum absolute atomic E-state index is 13.8. The third kappa shape index (κ3) is 8.88. The molecule has 4 rings (SSSR count). The van der Waals surface area contributed by atoms with Crippen molar-refractivity contribution < 1.29 is 32.4 Å². The third-order valence-electron chi connectivity index (χ3n) is 8.40. The topological polar surface area (TPSA) is 183 Å². The molecule has 4 aliphatic rings. The zero-order valence-electron chi connectivity index (χ0n) is 24.9.